The van der Waals surface area contributed by atoms with Gasteiger partial charge in [-0.3, -0.25) is 0 Å². The normalized spacial score (nSPS) is 12.3. The molecule has 0 amide bonds. The maximum atomic E-state index is 13.2. The lowest BCUT2D eigenvalue weighted by Crippen LogP contribution is -2.18. The van der Waals surface area contributed by atoms with Gasteiger partial charge in [0.05, 0.1) is 23.8 Å². The average Bonchev–Trinajstić information content (AvgIpc) is 3.44. The van der Waals surface area contributed by atoms with Crippen LogP contribution in [-0.4, -0.2) is 19.6 Å². The lowest BCUT2D eigenvalue weighted by molar-refractivity contribution is 0.571. The maximum Gasteiger partial charge on any atom is 0.123 e. The molecule has 6 heteroatoms. The summed E-state index contributed by atoms with van der Waals surface area (Å²) in [4.78, 5) is 0. The predicted octanol–water partition coefficient (Wildman–Crippen LogP) is 5.51. The first-order valence-corrected chi connectivity index (χ1v) is 10.7. The number of hydrogen-bond donors (Lipinski definition) is 1. The molecule has 1 N–H and O–H groups in total. The van der Waals surface area contributed by atoms with Crippen LogP contribution in [-0.2, 0) is 6.54 Å². The number of hydrogen-bond acceptors (Lipinski definition) is 3. The second kappa shape index (κ2) is 8.40. The Morgan fingerprint density at radius 3 is 2.56 bits per heavy atom. The highest BCUT2D eigenvalue weighted by Crippen LogP contribution is 2.26. The molecular weight excluding hydrogens is 401 g/mol. The van der Waals surface area contributed by atoms with E-state index in [4.69, 9.17) is 5.10 Å². The summed E-state index contributed by atoms with van der Waals surface area (Å²) in [5.74, 6) is -0.254. The molecule has 1 atom stereocenters. The first-order valence-electron chi connectivity index (χ1n) is 10.7. The van der Waals surface area contributed by atoms with Crippen molar-refractivity contribution in [2.24, 2.45) is 0 Å². The molecule has 0 saturated heterocycles. The lowest BCUT2D eigenvalue weighted by Gasteiger charge is -2.14. The van der Waals surface area contributed by atoms with Crippen molar-refractivity contribution in [1.82, 2.24) is 24.9 Å². The van der Waals surface area contributed by atoms with Gasteiger partial charge in [0.15, 0.2) is 0 Å². The molecule has 5 rings (SSSR count). The number of halogens is 1. The van der Waals surface area contributed by atoms with Gasteiger partial charge in [-0.1, -0.05) is 36.4 Å². The van der Waals surface area contributed by atoms with Crippen molar-refractivity contribution in [1.29, 1.82) is 0 Å². The van der Waals surface area contributed by atoms with Crippen LogP contribution < -0.4 is 5.32 Å². The fourth-order valence-electron chi connectivity index (χ4n) is 4.05. The summed E-state index contributed by atoms with van der Waals surface area (Å²) in [7, 11) is 0. The topological polar surface area (TPSA) is 47.7 Å². The molecule has 32 heavy (non-hydrogen) atoms. The molecule has 5 aromatic rings. The van der Waals surface area contributed by atoms with E-state index in [0.717, 1.165) is 28.2 Å². The van der Waals surface area contributed by atoms with Crippen molar-refractivity contribution in [2.45, 2.75) is 26.4 Å². The van der Waals surface area contributed by atoms with Gasteiger partial charge in [-0.05, 0) is 49.6 Å². The van der Waals surface area contributed by atoms with Crippen LogP contribution in [0, 0.1) is 12.7 Å². The molecule has 5 nitrogen and oxygen atoms in total. The molecule has 0 aliphatic heterocycles. The second-order valence-corrected chi connectivity index (χ2v) is 7.97. The fourth-order valence-corrected chi connectivity index (χ4v) is 4.05. The first-order chi connectivity index (χ1) is 15.6. The summed E-state index contributed by atoms with van der Waals surface area (Å²) in [5.41, 5.74) is 5.24. The highest BCUT2D eigenvalue weighted by atomic mass is 19.1. The first kappa shape index (κ1) is 20.2. The molecule has 160 valence electrons. The monoisotopic (exact) mass is 425 g/mol. The van der Waals surface area contributed by atoms with Crippen molar-refractivity contribution in [3.8, 4) is 11.4 Å². The number of benzene rings is 3. The molecule has 0 unspecified atom stereocenters. The van der Waals surface area contributed by atoms with E-state index in [1.165, 1.54) is 22.9 Å². The number of nitrogens with zero attached hydrogens (tertiary/aromatic N) is 4. The SMILES string of the molecule is Cc1c([C@@H](C)NCc2cnn(-c3ccc(F)cc3)c2)cnn1-c1cccc2ccccc12. The zero-order valence-corrected chi connectivity index (χ0v) is 18.0. The highest BCUT2D eigenvalue weighted by Gasteiger charge is 2.15. The van der Waals surface area contributed by atoms with E-state index in [9.17, 15) is 4.39 Å². The summed E-state index contributed by atoms with van der Waals surface area (Å²) < 4.78 is 16.9. The Morgan fingerprint density at radius 2 is 1.72 bits per heavy atom. The van der Waals surface area contributed by atoms with E-state index in [0.29, 0.717) is 6.54 Å². The minimum atomic E-state index is -0.254. The molecule has 2 aromatic heterocycles. The molecule has 0 aliphatic carbocycles. The van der Waals surface area contributed by atoms with E-state index in [-0.39, 0.29) is 11.9 Å². The Balaban J connectivity index is 1.32. The smallest absolute Gasteiger partial charge is 0.123 e. The number of nitrogens with one attached hydrogen (secondary N) is 1. The van der Waals surface area contributed by atoms with Crippen LogP contribution in [0.1, 0.15) is 29.8 Å². The summed E-state index contributed by atoms with van der Waals surface area (Å²) in [6, 6.07) is 21.1. The molecule has 3 aromatic carbocycles. The summed E-state index contributed by atoms with van der Waals surface area (Å²) in [6.07, 6.45) is 5.73. The summed E-state index contributed by atoms with van der Waals surface area (Å²) in [6.45, 7) is 4.91. The van der Waals surface area contributed by atoms with Gasteiger partial charge in [0.1, 0.15) is 5.82 Å². The van der Waals surface area contributed by atoms with Crippen LogP contribution in [0.3, 0.4) is 0 Å². The Hall–Kier alpha value is -3.77. The van der Waals surface area contributed by atoms with Gasteiger partial charge in [-0.25, -0.2) is 13.8 Å². The van der Waals surface area contributed by atoms with E-state index in [1.807, 2.05) is 23.3 Å². The third-order valence-electron chi connectivity index (χ3n) is 5.85. The lowest BCUT2D eigenvalue weighted by atomic mass is 10.1. The molecule has 0 spiro atoms. The maximum absolute atomic E-state index is 13.2. The molecule has 2 heterocycles. The highest BCUT2D eigenvalue weighted by molar-refractivity contribution is 5.90. The molecule has 0 radical (unpaired) electrons. The van der Waals surface area contributed by atoms with Crippen LogP contribution >= 0.6 is 0 Å². The molecule has 0 aliphatic rings. The fraction of sp³-hybridized carbons (Fsp3) is 0.154. The van der Waals surface area contributed by atoms with E-state index >= 15 is 0 Å². The van der Waals surface area contributed by atoms with Gasteiger partial charge in [0.2, 0.25) is 0 Å². The quantitative estimate of drug-likeness (QED) is 0.390. The third-order valence-corrected chi connectivity index (χ3v) is 5.85. The third kappa shape index (κ3) is 3.81. The Bertz CT molecular complexity index is 1360. The van der Waals surface area contributed by atoms with Crippen LogP contribution in [0.5, 0.6) is 0 Å². The standard InChI is InChI=1S/C26H24FN5/c1-18(28-14-20-15-29-31(17-20)23-12-10-22(27)11-13-23)25-16-30-32(19(25)2)26-9-5-7-21-6-3-4-8-24(21)26/h3-13,15-18,28H,14H2,1-2H3/t18-/m1/s1. The number of fused-ring (bicyclic) bond motifs is 1. The number of rotatable bonds is 6. The second-order valence-electron chi connectivity index (χ2n) is 7.97. The van der Waals surface area contributed by atoms with Crippen molar-refractivity contribution in [3.63, 3.8) is 0 Å². The van der Waals surface area contributed by atoms with Gasteiger partial charge >= 0.3 is 0 Å². The Kier molecular flexibility index (Phi) is 5.29. The van der Waals surface area contributed by atoms with Crippen LogP contribution in [0.4, 0.5) is 4.39 Å². The molecular formula is C26H24FN5. The van der Waals surface area contributed by atoms with Gasteiger partial charge in [0, 0.05) is 41.0 Å². The zero-order chi connectivity index (χ0) is 22.1. The van der Waals surface area contributed by atoms with E-state index < -0.39 is 0 Å². The minimum absolute atomic E-state index is 0.118. The largest absolute Gasteiger partial charge is 0.306 e. The zero-order valence-electron chi connectivity index (χ0n) is 18.0. The van der Waals surface area contributed by atoms with Gasteiger partial charge in [0.25, 0.3) is 0 Å². The molecule has 0 bridgehead atoms. The van der Waals surface area contributed by atoms with Crippen molar-refractivity contribution in [2.75, 3.05) is 0 Å². The predicted molar refractivity (Wildman–Crippen MR) is 125 cm³/mol. The summed E-state index contributed by atoms with van der Waals surface area (Å²) in [5, 5.41) is 15.0. The number of aromatic nitrogens is 4. The van der Waals surface area contributed by atoms with E-state index in [2.05, 4.69) is 66.7 Å². The van der Waals surface area contributed by atoms with Crippen molar-refractivity contribution >= 4 is 10.8 Å². The van der Waals surface area contributed by atoms with Crippen LogP contribution in [0.2, 0.25) is 0 Å². The minimum Gasteiger partial charge on any atom is -0.306 e. The van der Waals surface area contributed by atoms with Crippen LogP contribution in [0.25, 0.3) is 22.1 Å². The van der Waals surface area contributed by atoms with Crippen molar-refractivity contribution < 1.29 is 4.39 Å². The Morgan fingerprint density at radius 1 is 0.938 bits per heavy atom. The van der Waals surface area contributed by atoms with Gasteiger partial charge in [-0.2, -0.15) is 10.2 Å². The average molecular weight is 426 g/mol. The van der Waals surface area contributed by atoms with Crippen LogP contribution in [0.15, 0.2) is 85.3 Å². The molecule has 0 saturated carbocycles. The summed E-state index contributed by atoms with van der Waals surface area (Å²) >= 11 is 0. The van der Waals surface area contributed by atoms with E-state index in [1.54, 1.807) is 16.8 Å². The Labute approximate surface area is 186 Å². The molecule has 0 fully saturated rings. The van der Waals surface area contributed by atoms with Gasteiger partial charge < -0.3 is 5.32 Å². The van der Waals surface area contributed by atoms with Gasteiger partial charge in [-0.15, -0.1) is 0 Å². The van der Waals surface area contributed by atoms with Crippen molar-refractivity contribution in [3.05, 3.63) is 108 Å².